The lowest BCUT2D eigenvalue weighted by atomic mass is 10.0. The van der Waals surface area contributed by atoms with Gasteiger partial charge < -0.3 is 9.84 Å². The molecule has 0 atom stereocenters. The zero-order chi connectivity index (χ0) is 13.8. The van der Waals surface area contributed by atoms with Crippen LogP contribution in [0.1, 0.15) is 27.0 Å². The molecule has 0 saturated carbocycles. The van der Waals surface area contributed by atoms with Crippen molar-refractivity contribution >= 4 is 5.78 Å². The van der Waals surface area contributed by atoms with E-state index in [1.165, 1.54) is 0 Å². The Morgan fingerprint density at radius 3 is 2.26 bits per heavy atom. The highest BCUT2D eigenvalue weighted by Gasteiger charge is 2.10. The Balaban J connectivity index is 2.30. The first-order chi connectivity index (χ1) is 9.15. The van der Waals surface area contributed by atoms with E-state index in [2.05, 4.69) is 0 Å². The summed E-state index contributed by atoms with van der Waals surface area (Å²) in [6.45, 7) is 1.89. The maximum atomic E-state index is 12.3. The number of carbonyl (C=O) groups excluding carboxylic acids is 1. The molecule has 0 aliphatic carbocycles. The number of aliphatic hydroxyl groups is 1. The van der Waals surface area contributed by atoms with Gasteiger partial charge in [0.15, 0.2) is 5.78 Å². The fourth-order valence-electron chi connectivity index (χ4n) is 1.95. The Morgan fingerprint density at radius 2 is 1.74 bits per heavy atom. The number of carbonyl (C=O) groups is 1. The fourth-order valence-corrected chi connectivity index (χ4v) is 1.95. The van der Waals surface area contributed by atoms with Crippen LogP contribution < -0.4 is 4.74 Å². The molecule has 1 N–H and O–H groups in total. The van der Waals surface area contributed by atoms with Gasteiger partial charge in [0, 0.05) is 11.1 Å². The van der Waals surface area contributed by atoms with E-state index in [-0.39, 0.29) is 12.4 Å². The Hall–Kier alpha value is -2.13. The number of hydrogen-bond acceptors (Lipinski definition) is 3. The minimum Gasteiger partial charge on any atom is -0.496 e. The maximum Gasteiger partial charge on any atom is 0.193 e. The number of ether oxygens (including phenoxy) is 1. The molecule has 3 heteroatoms. The molecule has 2 rings (SSSR count). The van der Waals surface area contributed by atoms with Crippen LogP contribution in [0.3, 0.4) is 0 Å². The van der Waals surface area contributed by atoms with Crippen molar-refractivity contribution in [2.45, 2.75) is 13.5 Å². The largest absolute Gasteiger partial charge is 0.496 e. The third-order valence-corrected chi connectivity index (χ3v) is 3.06. The highest BCUT2D eigenvalue weighted by atomic mass is 16.5. The van der Waals surface area contributed by atoms with Crippen LogP contribution in [-0.2, 0) is 6.61 Å². The van der Waals surface area contributed by atoms with Gasteiger partial charge in [-0.1, -0.05) is 24.3 Å². The minimum atomic E-state index is -0.0322. The summed E-state index contributed by atoms with van der Waals surface area (Å²) < 4.78 is 5.18. The normalized spacial score (nSPS) is 10.3. The number of benzene rings is 2. The van der Waals surface area contributed by atoms with Gasteiger partial charge in [-0.3, -0.25) is 4.79 Å². The molecular weight excluding hydrogens is 240 g/mol. The number of methoxy groups -OCH3 is 1. The van der Waals surface area contributed by atoms with E-state index in [9.17, 15) is 4.79 Å². The van der Waals surface area contributed by atoms with Crippen molar-refractivity contribution in [3.05, 3.63) is 64.7 Å². The number of rotatable bonds is 4. The van der Waals surface area contributed by atoms with Crippen LogP contribution in [0.5, 0.6) is 5.75 Å². The van der Waals surface area contributed by atoms with E-state index >= 15 is 0 Å². The molecular formula is C16H16O3. The van der Waals surface area contributed by atoms with E-state index in [1.807, 2.05) is 13.0 Å². The average molecular weight is 256 g/mol. The molecule has 3 nitrogen and oxygen atoms in total. The Kier molecular flexibility index (Phi) is 3.97. The zero-order valence-electron chi connectivity index (χ0n) is 11.0. The third-order valence-electron chi connectivity index (χ3n) is 3.06. The second kappa shape index (κ2) is 5.67. The predicted molar refractivity (Wildman–Crippen MR) is 73.5 cm³/mol. The first-order valence-corrected chi connectivity index (χ1v) is 6.05. The molecule has 0 aliphatic rings. The van der Waals surface area contributed by atoms with E-state index in [0.717, 1.165) is 16.9 Å². The van der Waals surface area contributed by atoms with Crippen LogP contribution in [0.15, 0.2) is 42.5 Å². The van der Waals surface area contributed by atoms with Crippen LogP contribution >= 0.6 is 0 Å². The molecule has 98 valence electrons. The Morgan fingerprint density at radius 1 is 1.11 bits per heavy atom. The third kappa shape index (κ3) is 2.83. The highest BCUT2D eigenvalue weighted by molar-refractivity contribution is 6.09. The van der Waals surface area contributed by atoms with E-state index in [4.69, 9.17) is 9.84 Å². The van der Waals surface area contributed by atoms with E-state index in [1.54, 1.807) is 43.5 Å². The molecule has 0 bridgehead atoms. The first kappa shape index (κ1) is 13.3. The summed E-state index contributed by atoms with van der Waals surface area (Å²) in [4.78, 5) is 12.3. The molecule has 0 aliphatic heterocycles. The molecule has 0 unspecified atom stereocenters. The molecule has 0 aromatic heterocycles. The number of ketones is 1. The Bertz CT molecular complexity index is 585. The second-order valence-electron chi connectivity index (χ2n) is 4.37. The van der Waals surface area contributed by atoms with Crippen molar-refractivity contribution in [1.29, 1.82) is 0 Å². The summed E-state index contributed by atoms with van der Waals surface area (Å²) in [6, 6.07) is 12.3. The average Bonchev–Trinajstić information content (AvgIpc) is 2.46. The van der Waals surface area contributed by atoms with Crippen LogP contribution in [0.25, 0.3) is 0 Å². The molecule has 2 aromatic carbocycles. The molecule has 0 radical (unpaired) electrons. The lowest BCUT2D eigenvalue weighted by Crippen LogP contribution is -2.02. The van der Waals surface area contributed by atoms with E-state index in [0.29, 0.717) is 11.1 Å². The molecule has 0 saturated heterocycles. The quantitative estimate of drug-likeness (QED) is 0.855. The van der Waals surface area contributed by atoms with Gasteiger partial charge in [-0.05, 0) is 36.2 Å². The monoisotopic (exact) mass is 256 g/mol. The topological polar surface area (TPSA) is 46.5 Å². The van der Waals surface area contributed by atoms with Gasteiger partial charge in [0.25, 0.3) is 0 Å². The van der Waals surface area contributed by atoms with Gasteiger partial charge in [0.2, 0.25) is 0 Å². The summed E-state index contributed by atoms with van der Waals surface area (Å²) in [5.41, 5.74) is 2.97. The van der Waals surface area contributed by atoms with Crippen molar-refractivity contribution in [3.63, 3.8) is 0 Å². The lowest BCUT2D eigenvalue weighted by molar-refractivity contribution is 0.103. The van der Waals surface area contributed by atoms with Gasteiger partial charge in [-0.15, -0.1) is 0 Å². The molecule has 0 spiro atoms. The predicted octanol–water partition coefficient (Wildman–Crippen LogP) is 2.73. The number of aliphatic hydroxyl groups excluding tert-OH is 1. The SMILES string of the molecule is COc1ccc(C(=O)c2ccc(CO)cc2)cc1C. The van der Waals surface area contributed by atoms with Gasteiger partial charge in [-0.2, -0.15) is 0 Å². The second-order valence-corrected chi connectivity index (χ2v) is 4.37. The first-order valence-electron chi connectivity index (χ1n) is 6.05. The summed E-state index contributed by atoms with van der Waals surface area (Å²) in [5, 5.41) is 8.98. The maximum absolute atomic E-state index is 12.3. The number of hydrogen-bond donors (Lipinski definition) is 1. The van der Waals surface area contributed by atoms with Crippen molar-refractivity contribution in [2.24, 2.45) is 0 Å². The summed E-state index contributed by atoms with van der Waals surface area (Å²) in [7, 11) is 1.61. The number of aryl methyl sites for hydroxylation is 1. The fraction of sp³-hybridized carbons (Fsp3) is 0.188. The summed E-state index contributed by atoms with van der Waals surface area (Å²) >= 11 is 0. The van der Waals surface area contributed by atoms with Gasteiger partial charge in [0.1, 0.15) is 5.75 Å². The molecule has 2 aromatic rings. The van der Waals surface area contributed by atoms with Gasteiger partial charge in [-0.25, -0.2) is 0 Å². The molecule has 19 heavy (non-hydrogen) atoms. The van der Waals surface area contributed by atoms with Crippen LogP contribution in [0, 0.1) is 6.92 Å². The van der Waals surface area contributed by atoms with Crippen LogP contribution in [0.2, 0.25) is 0 Å². The Labute approximate surface area is 112 Å². The van der Waals surface area contributed by atoms with E-state index < -0.39 is 0 Å². The minimum absolute atomic E-state index is 0.0177. The lowest BCUT2D eigenvalue weighted by Gasteiger charge is -2.07. The van der Waals surface area contributed by atoms with Crippen molar-refractivity contribution in [2.75, 3.05) is 7.11 Å². The highest BCUT2D eigenvalue weighted by Crippen LogP contribution is 2.20. The van der Waals surface area contributed by atoms with Gasteiger partial charge >= 0.3 is 0 Å². The standard InChI is InChI=1S/C16H16O3/c1-11-9-14(7-8-15(11)19-2)16(18)13-5-3-12(10-17)4-6-13/h3-9,17H,10H2,1-2H3. The van der Waals surface area contributed by atoms with Crippen LogP contribution in [0.4, 0.5) is 0 Å². The summed E-state index contributed by atoms with van der Waals surface area (Å²) in [5.74, 6) is 0.738. The summed E-state index contributed by atoms with van der Waals surface area (Å²) in [6.07, 6.45) is 0. The van der Waals surface area contributed by atoms with Gasteiger partial charge in [0.05, 0.1) is 13.7 Å². The molecule has 0 amide bonds. The smallest absolute Gasteiger partial charge is 0.193 e. The molecule has 0 heterocycles. The molecule has 0 fully saturated rings. The van der Waals surface area contributed by atoms with Crippen molar-refractivity contribution < 1.29 is 14.6 Å². The zero-order valence-corrected chi connectivity index (χ0v) is 11.0. The van der Waals surface area contributed by atoms with Crippen LogP contribution in [-0.4, -0.2) is 18.0 Å². The van der Waals surface area contributed by atoms with Crippen molar-refractivity contribution in [1.82, 2.24) is 0 Å². The van der Waals surface area contributed by atoms with Crippen molar-refractivity contribution in [3.8, 4) is 5.75 Å².